The SMILES string of the molecule is Cc1cnc(N[C@H]2CCC[C@@H]2N)nc1-c1c[nH]c2c(Cl)c(O)ccc12.Cc1cnc(N[C@H]2CCC[C@@H]2NC(=O)OC(C)(C)C)nc1-c1cn(COCC[Si](C)(C)C)c2c(Cl)c(O)ccc12. The molecular formula is C47H62Cl2N10O5Si. The summed E-state index contributed by atoms with van der Waals surface area (Å²) in [6, 6.07) is 8.20. The first-order chi connectivity index (χ1) is 30.8. The molecular weight excluding hydrogens is 884 g/mol. The molecule has 0 radical (unpaired) electrons. The van der Waals surface area contributed by atoms with Crippen molar-refractivity contribution in [3.63, 3.8) is 0 Å². The maximum absolute atomic E-state index is 12.4. The predicted molar refractivity (Wildman–Crippen MR) is 263 cm³/mol. The van der Waals surface area contributed by atoms with Gasteiger partial charge in [0.25, 0.3) is 0 Å². The lowest BCUT2D eigenvalue weighted by Crippen LogP contribution is -2.45. The van der Waals surface area contributed by atoms with Gasteiger partial charge in [-0.3, -0.25) is 0 Å². The average Bonchev–Trinajstić information content (AvgIpc) is 4.04. The van der Waals surface area contributed by atoms with E-state index in [9.17, 15) is 15.0 Å². The van der Waals surface area contributed by atoms with Crippen LogP contribution >= 0.6 is 23.2 Å². The summed E-state index contributed by atoms with van der Waals surface area (Å²) in [6.45, 7) is 17.4. The van der Waals surface area contributed by atoms with Crippen molar-refractivity contribution in [2.75, 3.05) is 17.2 Å². The molecule has 348 valence electrons. The zero-order valence-electron chi connectivity index (χ0n) is 38.5. The van der Waals surface area contributed by atoms with Crippen LogP contribution in [0.25, 0.3) is 44.3 Å². The number of aromatic hydroxyl groups is 2. The molecule has 15 nitrogen and oxygen atoms in total. The number of nitrogens with one attached hydrogen (secondary N) is 4. The molecule has 0 aliphatic heterocycles. The van der Waals surface area contributed by atoms with Crippen molar-refractivity contribution in [1.29, 1.82) is 0 Å². The number of hydrogen-bond acceptors (Lipinski definition) is 12. The molecule has 2 saturated carbocycles. The number of hydrogen-bond donors (Lipinski definition) is 7. The summed E-state index contributed by atoms with van der Waals surface area (Å²) in [5.41, 5.74) is 12.2. The summed E-state index contributed by atoms with van der Waals surface area (Å²) in [5, 5.41) is 32.3. The Kier molecular flexibility index (Phi) is 14.5. The molecule has 0 unspecified atom stereocenters. The molecule has 2 aliphatic carbocycles. The molecule has 65 heavy (non-hydrogen) atoms. The summed E-state index contributed by atoms with van der Waals surface area (Å²) >= 11 is 12.8. The van der Waals surface area contributed by atoms with Gasteiger partial charge in [-0.2, -0.15) is 0 Å². The molecule has 1 amide bonds. The molecule has 2 aromatic carbocycles. The van der Waals surface area contributed by atoms with E-state index in [0.29, 0.717) is 41.3 Å². The second kappa shape index (κ2) is 19.8. The average molecular weight is 946 g/mol. The number of amides is 1. The number of alkyl carbamates (subject to hydrolysis) is 1. The molecule has 8 N–H and O–H groups in total. The second-order valence-corrected chi connectivity index (χ2v) is 25.8. The van der Waals surface area contributed by atoms with E-state index < -0.39 is 19.8 Å². The van der Waals surface area contributed by atoms with Crippen LogP contribution in [0.4, 0.5) is 16.7 Å². The number of carbonyl (C=O) groups excluding carboxylic acids is 1. The van der Waals surface area contributed by atoms with Crippen molar-refractivity contribution in [2.24, 2.45) is 5.73 Å². The number of nitrogens with zero attached hydrogens (tertiary/aromatic N) is 5. The maximum Gasteiger partial charge on any atom is 0.407 e. The van der Waals surface area contributed by atoms with E-state index in [1.165, 1.54) is 0 Å². The van der Waals surface area contributed by atoms with Gasteiger partial charge in [-0.15, -0.1) is 0 Å². The molecule has 2 fully saturated rings. The van der Waals surface area contributed by atoms with Gasteiger partial charge in [0.1, 0.15) is 33.9 Å². The topological polar surface area (TPSA) is 210 Å². The van der Waals surface area contributed by atoms with E-state index in [4.69, 9.17) is 48.4 Å². The number of aromatic nitrogens is 6. The third kappa shape index (κ3) is 11.5. The van der Waals surface area contributed by atoms with Crippen molar-refractivity contribution in [3.05, 3.63) is 70.2 Å². The zero-order valence-corrected chi connectivity index (χ0v) is 41.0. The predicted octanol–water partition coefficient (Wildman–Crippen LogP) is 10.5. The van der Waals surface area contributed by atoms with Crippen LogP contribution in [0.15, 0.2) is 49.1 Å². The number of ether oxygens (including phenoxy) is 2. The molecule has 4 atom stereocenters. The van der Waals surface area contributed by atoms with Gasteiger partial charge in [0.15, 0.2) is 0 Å². The summed E-state index contributed by atoms with van der Waals surface area (Å²) in [7, 11) is -1.23. The monoisotopic (exact) mass is 944 g/mol. The third-order valence-corrected chi connectivity index (χ3v) is 14.3. The molecule has 4 heterocycles. The zero-order chi connectivity index (χ0) is 46.8. The highest BCUT2D eigenvalue weighted by molar-refractivity contribution is 6.76. The Morgan fingerprint density at radius 3 is 2.08 bits per heavy atom. The first kappa shape index (κ1) is 47.8. The molecule has 6 aromatic rings. The van der Waals surface area contributed by atoms with Crippen molar-refractivity contribution in [2.45, 2.75) is 135 Å². The number of halogens is 2. The fourth-order valence-corrected chi connectivity index (χ4v) is 9.60. The number of H-pyrrole nitrogens is 1. The molecule has 4 aromatic heterocycles. The summed E-state index contributed by atoms with van der Waals surface area (Å²) in [6.07, 6.45) is 12.9. The van der Waals surface area contributed by atoms with E-state index in [-0.39, 0.29) is 40.7 Å². The van der Waals surface area contributed by atoms with Crippen LogP contribution in [0, 0.1) is 13.8 Å². The number of aromatic amines is 1. The van der Waals surface area contributed by atoms with Gasteiger partial charge in [-0.05, 0) is 115 Å². The lowest BCUT2D eigenvalue weighted by molar-refractivity contribution is 0.0503. The largest absolute Gasteiger partial charge is 0.506 e. The van der Waals surface area contributed by atoms with Crippen LogP contribution in [0.5, 0.6) is 11.5 Å². The van der Waals surface area contributed by atoms with Gasteiger partial charge in [0.05, 0.1) is 28.5 Å². The van der Waals surface area contributed by atoms with Crippen LogP contribution in [-0.4, -0.2) is 90.2 Å². The van der Waals surface area contributed by atoms with E-state index in [1.54, 1.807) is 18.3 Å². The number of nitrogens with two attached hydrogens (primary N) is 1. The number of phenols is 2. The Labute approximate surface area is 391 Å². The minimum Gasteiger partial charge on any atom is -0.506 e. The number of rotatable bonds is 12. The van der Waals surface area contributed by atoms with Crippen molar-refractivity contribution in [1.82, 2.24) is 34.8 Å². The van der Waals surface area contributed by atoms with Crippen LogP contribution in [-0.2, 0) is 16.2 Å². The first-order valence-electron chi connectivity index (χ1n) is 22.3. The first-order valence-corrected chi connectivity index (χ1v) is 26.8. The molecule has 0 spiro atoms. The number of benzene rings is 2. The Balaban J connectivity index is 0.000000215. The summed E-state index contributed by atoms with van der Waals surface area (Å²) in [5.74, 6) is 1.15. The molecule has 0 saturated heterocycles. The van der Waals surface area contributed by atoms with Gasteiger partial charge in [0.2, 0.25) is 11.9 Å². The fraction of sp³-hybridized carbons (Fsp3) is 0.468. The second-order valence-electron chi connectivity index (χ2n) is 19.4. The Morgan fingerprint density at radius 1 is 0.862 bits per heavy atom. The molecule has 18 heteroatoms. The van der Waals surface area contributed by atoms with Crippen LogP contribution in [0.2, 0.25) is 35.7 Å². The highest BCUT2D eigenvalue weighted by Gasteiger charge is 2.31. The number of fused-ring (bicyclic) bond motifs is 2. The van der Waals surface area contributed by atoms with Crippen LogP contribution in [0.3, 0.4) is 0 Å². The number of phenolic OH excluding ortho intramolecular Hbond substituents is 2. The van der Waals surface area contributed by atoms with Gasteiger partial charge in [0, 0.05) is 79.5 Å². The van der Waals surface area contributed by atoms with Crippen molar-refractivity contribution in [3.8, 4) is 34.0 Å². The smallest absolute Gasteiger partial charge is 0.407 e. The summed E-state index contributed by atoms with van der Waals surface area (Å²) < 4.78 is 13.4. The molecule has 2 aliphatic rings. The van der Waals surface area contributed by atoms with E-state index in [0.717, 1.165) is 89.0 Å². The highest BCUT2D eigenvalue weighted by atomic mass is 35.5. The lowest BCUT2D eigenvalue weighted by Gasteiger charge is -2.25. The standard InChI is InChI=1S/C29H42ClN5O4Si.C18H20ClN5O/c1-18-15-31-27(32-21-9-8-10-22(21)33-28(37)39-29(2,3)4)34-25(18)20-16-35(17-38-13-14-40(5,6)7)26-19(20)11-12-23(36)24(26)30;1-9-7-22-18(23-13-4-2-3-12(13)20)24-16(9)11-8-21-17-10(11)5-6-14(25)15(17)19/h11-12,15-16,21-22,36H,8-10,13-14,17H2,1-7H3,(H,33,37)(H,31,32,34);5-8,12-13,21,25H,2-4,20H2,1H3,(H,22,23,24)/t21-,22-;12-,13-/m00/s1. The number of aryl methyl sites for hydroxylation is 2. The number of carbonyl (C=O) groups is 1. The quantitative estimate of drug-likeness (QED) is 0.0451. The normalized spacial score (nSPS) is 18.8. The van der Waals surface area contributed by atoms with E-state index in [2.05, 4.69) is 50.5 Å². The lowest BCUT2D eigenvalue weighted by atomic mass is 10.1. The molecule has 8 rings (SSSR count). The van der Waals surface area contributed by atoms with Crippen LogP contribution in [0.1, 0.15) is 70.4 Å². The van der Waals surface area contributed by atoms with Gasteiger partial charge >= 0.3 is 6.09 Å². The van der Waals surface area contributed by atoms with Gasteiger partial charge in [-0.25, -0.2) is 24.7 Å². The third-order valence-electron chi connectivity index (χ3n) is 11.8. The van der Waals surface area contributed by atoms with E-state index >= 15 is 0 Å². The summed E-state index contributed by atoms with van der Waals surface area (Å²) in [4.78, 5) is 34.1. The Morgan fingerprint density at radius 2 is 1.45 bits per heavy atom. The molecule has 0 bridgehead atoms. The Bertz CT molecular complexity index is 2660. The van der Waals surface area contributed by atoms with Crippen LogP contribution < -0.4 is 21.7 Å². The maximum atomic E-state index is 12.4. The van der Waals surface area contributed by atoms with Gasteiger partial charge < -0.3 is 50.9 Å². The van der Waals surface area contributed by atoms with Crippen molar-refractivity contribution < 1.29 is 24.5 Å². The number of anilines is 2. The van der Waals surface area contributed by atoms with E-state index in [1.807, 2.05) is 69.9 Å². The Hall–Kier alpha value is -5.13. The fourth-order valence-electron chi connectivity index (χ4n) is 8.35. The minimum absolute atomic E-state index is 0.0180. The van der Waals surface area contributed by atoms with Crippen molar-refractivity contribution >= 4 is 71.1 Å². The van der Waals surface area contributed by atoms with Gasteiger partial charge in [-0.1, -0.05) is 42.8 Å². The minimum atomic E-state index is -1.23. The highest BCUT2D eigenvalue weighted by Crippen LogP contribution is 2.40.